The van der Waals surface area contributed by atoms with Gasteiger partial charge in [-0.2, -0.15) is 0 Å². The minimum atomic E-state index is -0.840. The molecule has 0 radical (unpaired) electrons. The van der Waals surface area contributed by atoms with Crippen molar-refractivity contribution >= 4 is 35.1 Å². The Labute approximate surface area is 181 Å². The number of carboxylic acid groups (broad SMARTS) is 1. The molecule has 1 amide bonds. The number of nitrogens with zero attached hydrogens (tertiary/aromatic N) is 1. The smallest absolute Gasteiger partial charge is 0.307 e. The van der Waals surface area contributed by atoms with Crippen LogP contribution in [0.1, 0.15) is 32.6 Å². The van der Waals surface area contributed by atoms with Crippen LogP contribution in [0.15, 0.2) is 30.3 Å². The van der Waals surface area contributed by atoms with Gasteiger partial charge in [0.1, 0.15) is 0 Å². The van der Waals surface area contributed by atoms with Crippen molar-refractivity contribution in [3.63, 3.8) is 0 Å². The van der Waals surface area contributed by atoms with E-state index in [2.05, 4.69) is 10.2 Å². The molecule has 0 aliphatic heterocycles. The van der Waals surface area contributed by atoms with Gasteiger partial charge in [0.15, 0.2) is 0 Å². The molecule has 0 aromatic heterocycles. The first-order chi connectivity index (χ1) is 13.6. The van der Waals surface area contributed by atoms with Gasteiger partial charge in [0.05, 0.1) is 16.5 Å². The number of amides is 1. The van der Waals surface area contributed by atoms with Crippen molar-refractivity contribution in [3.8, 4) is 0 Å². The third kappa shape index (κ3) is 6.46. The lowest BCUT2D eigenvalue weighted by molar-refractivity contribution is -0.136. The SMILES string of the molecule is Cc1cc(CC(=O)O)cc(C)c1CC(CNC(=O)c1ccc(Cl)c(Cl)c1)N(C)C. The predicted molar refractivity (Wildman–Crippen MR) is 117 cm³/mol. The molecule has 2 aromatic carbocycles. The summed E-state index contributed by atoms with van der Waals surface area (Å²) in [6.45, 7) is 4.45. The Hall–Kier alpha value is -2.08. The van der Waals surface area contributed by atoms with E-state index >= 15 is 0 Å². The first-order valence-electron chi connectivity index (χ1n) is 9.29. The second-order valence-corrected chi connectivity index (χ2v) is 8.25. The monoisotopic (exact) mass is 436 g/mol. The Bertz CT molecular complexity index is 890. The van der Waals surface area contributed by atoms with E-state index in [1.807, 2.05) is 40.1 Å². The Morgan fingerprint density at radius 3 is 2.21 bits per heavy atom. The molecular formula is C22H26Cl2N2O3. The van der Waals surface area contributed by atoms with Gasteiger partial charge in [0, 0.05) is 18.2 Å². The molecule has 2 N–H and O–H groups in total. The number of hydrogen-bond acceptors (Lipinski definition) is 3. The van der Waals surface area contributed by atoms with E-state index in [1.54, 1.807) is 18.2 Å². The quantitative estimate of drug-likeness (QED) is 0.652. The fraction of sp³-hybridized carbons (Fsp3) is 0.364. The molecule has 2 rings (SSSR count). The molecule has 0 saturated heterocycles. The summed E-state index contributed by atoms with van der Waals surface area (Å²) in [6, 6.07) is 8.73. The summed E-state index contributed by atoms with van der Waals surface area (Å²) in [5, 5.41) is 12.7. The molecule has 0 saturated carbocycles. The summed E-state index contributed by atoms with van der Waals surface area (Å²) in [5.41, 5.74) is 4.54. The van der Waals surface area contributed by atoms with Crippen LogP contribution in [-0.4, -0.2) is 48.6 Å². The van der Waals surface area contributed by atoms with Crippen molar-refractivity contribution in [2.24, 2.45) is 0 Å². The minimum absolute atomic E-state index is 0.0127. The van der Waals surface area contributed by atoms with Gasteiger partial charge >= 0.3 is 5.97 Å². The number of likely N-dealkylation sites (N-methyl/N-ethyl adjacent to an activating group) is 1. The molecular weight excluding hydrogens is 411 g/mol. The van der Waals surface area contributed by atoms with Crippen molar-refractivity contribution in [2.75, 3.05) is 20.6 Å². The molecule has 2 aromatic rings. The summed E-state index contributed by atoms with van der Waals surface area (Å²) >= 11 is 11.9. The molecule has 0 spiro atoms. The summed E-state index contributed by atoms with van der Waals surface area (Å²) in [7, 11) is 3.94. The first kappa shape index (κ1) is 23.2. The number of benzene rings is 2. The lowest BCUT2D eigenvalue weighted by atomic mass is 9.93. The van der Waals surface area contributed by atoms with Gasteiger partial charge < -0.3 is 15.3 Å². The number of aryl methyl sites for hydroxylation is 2. The zero-order valence-electron chi connectivity index (χ0n) is 17.1. The fourth-order valence-corrected chi connectivity index (χ4v) is 3.60. The number of halogens is 2. The minimum Gasteiger partial charge on any atom is -0.481 e. The van der Waals surface area contributed by atoms with E-state index < -0.39 is 5.97 Å². The summed E-state index contributed by atoms with van der Waals surface area (Å²) < 4.78 is 0. The average Bonchev–Trinajstić information content (AvgIpc) is 2.61. The Balaban J connectivity index is 2.11. The number of carbonyl (C=O) groups is 2. The normalized spacial score (nSPS) is 12.1. The maximum atomic E-state index is 12.5. The fourth-order valence-electron chi connectivity index (χ4n) is 3.30. The Morgan fingerprint density at radius 1 is 1.07 bits per heavy atom. The van der Waals surface area contributed by atoms with E-state index in [9.17, 15) is 9.59 Å². The van der Waals surface area contributed by atoms with Crippen LogP contribution in [0.25, 0.3) is 0 Å². The summed E-state index contributed by atoms with van der Waals surface area (Å²) in [4.78, 5) is 25.5. The van der Waals surface area contributed by atoms with Gasteiger partial charge in [-0.25, -0.2) is 0 Å². The van der Waals surface area contributed by atoms with Gasteiger partial charge in [-0.1, -0.05) is 35.3 Å². The van der Waals surface area contributed by atoms with Crippen LogP contribution < -0.4 is 5.32 Å². The molecule has 1 atom stereocenters. The molecule has 0 heterocycles. The second kappa shape index (κ2) is 10.1. The molecule has 29 heavy (non-hydrogen) atoms. The van der Waals surface area contributed by atoms with Crippen LogP contribution in [0.4, 0.5) is 0 Å². The molecule has 0 bridgehead atoms. The van der Waals surface area contributed by atoms with Crippen LogP contribution in [0.3, 0.4) is 0 Å². The van der Waals surface area contributed by atoms with E-state index in [4.69, 9.17) is 28.3 Å². The number of carbonyl (C=O) groups excluding carboxylic acids is 1. The van der Waals surface area contributed by atoms with Gasteiger partial charge in [-0.15, -0.1) is 0 Å². The Kier molecular flexibility index (Phi) is 8.08. The van der Waals surface area contributed by atoms with Crippen LogP contribution >= 0.6 is 23.2 Å². The molecule has 5 nitrogen and oxygen atoms in total. The molecule has 0 fully saturated rings. The van der Waals surface area contributed by atoms with E-state index in [0.29, 0.717) is 22.2 Å². The van der Waals surface area contributed by atoms with Gasteiger partial charge in [-0.05, 0) is 74.8 Å². The average molecular weight is 437 g/mol. The molecule has 156 valence electrons. The number of rotatable bonds is 8. The van der Waals surface area contributed by atoms with Gasteiger partial charge in [0.2, 0.25) is 0 Å². The highest BCUT2D eigenvalue weighted by Gasteiger charge is 2.18. The highest BCUT2D eigenvalue weighted by atomic mass is 35.5. The van der Waals surface area contributed by atoms with Crippen LogP contribution in [0.2, 0.25) is 10.0 Å². The summed E-state index contributed by atoms with van der Waals surface area (Å²) in [6.07, 6.45) is 0.748. The second-order valence-electron chi connectivity index (χ2n) is 7.44. The van der Waals surface area contributed by atoms with Crippen molar-refractivity contribution in [2.45, 2.75) is 32.7 Å². The zero-order valence-corrected chi connectivity index (χ0v) is 18.6. The van der Waals surface area contributed by atoms with Crippen molar-refractivity contribution in [3.05, 3.63) is 68.2 Å². The van der Waals surface area contributed by atoms with Crippen LogP contribution in [-0.2, 0) is 17.6 Å². The maximum Gasteiger partial charge on any atom is 0.307 e. The van der Waals surface area contributed by atoms with E-state index in [-0.39, 0.29) is 18.4 Å². The van der Waals surface area contributed by atoms with Crippen molar-refractivity contribution in [1.82, 2.24) is 10.2 Å². The van der Waals surface area contributed by atoms with E-state index in [1.165, 1.54) is 5.56 Å². The lowest BCUT2D eigenvalue weighted by Gasteiger charge is -2.26. The standard InChI is InChI=1S/C22H26Cl2N2O3/c1-13-7-15(9-21(27)28)8-14(2)18(13)11-17(26(3)4)12-25-22(29)16-5-6-19(23)20(24)10-16/h5-8,10,17H,9,11-12H2,1-4H3,(H,25,29)(H,27,28). The Morgan fingerprint density at radius 2 is 1.69 bits per heavy atom. The third-order valence-electron chi connectivity index (χ3n) is 4.96. The van der Waals surface area contributed by atoms with Gasteiger partial charge in [-0.3, -0.25) is 9.59 Å². The third-order valence-corrected chi connectivity index (χ3v) is 5.70. The molecule has 1 unspecified atom stereocenters. The number of aliphatic carboxylic acids is 1. The maximum absolute atomic E-state index is 12.5. The van der Waals surface area contributed by atoms with Gasteiger partial charge in [0.25, 0.3) is 5.91 Å². The van der Waals surface area contributed by atoms with Crippen molar-refractivity contribution in [1.29, 1.82) is 0 Å². The number of carboxylic acids is 1. The topological polar surface area (TPSA) is 69.6 Å². The van der Waals surface area contributed by atoms with E-state index in [0.717, 1.165) is 23.1 Å². The molecule has 7 heteroatoms. The predicted octanol–water partition coefficient (Wildman–Crippen LogP) is 4.14. The largest absolute Gasteiger partial charge is 0.481 e. The highest BCUT2D eigenvalue weighted by molar-refractivity contribution is 6.42. The van der Waals surface area contributed by atoms with Crippen LogP contribution in [0.5, 0.6) is 0 Å². The molecule has 0 aliphatic carbocycles. The number of nitrogens with one attached hydrogen (secondary N) is 1. The zero-order chi connectivity index (χ0) is 21.7. The number of hydrogen-bond donors (Lipinski definition) is 2. The lowest BCUT2D eigenvalue weighted by Crippen LogP contribution is -2.41. The molecule has 0 aliphatic rings. The highest BCUT2D eigenvalue weighted by Crippen LogP contribution is 2.23. The first-order valence-corrected chi connectivity index (χ1v) is 10.0. The summed E-state index contributed by atoms with van der Waals surface area (Å²) in [5.74, 6) is -1.05. The van der Waals surface area contributed by atoms with Crippen molar-refractivity contribution < 1.29 is 14.7 Å². The van der Waals surface area contributed by atoms with Crippen LogP contribution in [0, 0.1) is 13.8 Å².